The molecule has 310 valence electrons. The number of alkyl halides is 6. The van der Waals surface area contributed by atoms with Crippen LogP contribution in [0.1, 0.15) is 30.9 Å². The molecule has 2 aromatic carbocycles. The summed E-state index contributed by atoms with van der Waals surface area (Å²) in [6.07, 6.45) is -4.83. The zero-order chi connectivity index (χ0) is 42.1. The Balaban J connectivity index is 0.000000266. The maximum atomic E-state index is 13.0. The number of nitrogen functional groups attached to an aromatic ring is 1. The molecule has 5 N–H and O–H groups in total. The smallest absolute Gasteiger partial charge is 0.397 e. The first-order valence-corrected chi connectivity index (χ1v) is 17.8. The molecule has 0 bridgehead atoms. The molecule has 5 rings (SSSR count). The summed E-state index contributed by atoms with van der Waals surface area (Å²) < 4.78 is 88.7. The van der Waals surface area contributed by atoms with Crippen molar-refractivity contribution in [2.24, 2.45) is 19.5 Å². The van der Waals surface area contributed by atoms with Gasteiger partial charge in [-0.05, 0) is 85.3 Å². The predicted molar refractivity (Wildman–Crippen MR) is 206 cm³/mol. The third-order valence-corrected chi connectivity index (χ3v) is 9.22. The standard InChI is InChI=1S/C23H28F3N3O4.C16H18F3N3O2/c1-15-12-17(14-29(3)20(15)30)16-4-5-18(19(13-16)27-8-11-33-23(24,25)26)28-21(31)22(2)6-9-32-10-7-22;1-10-7-12(9-22(2)15(10)23)11-3-4-13(20)14(8-11)21-5-6-24-16(17,18)19/h4-5,12-14,27H,6-11H2,1-3H3,(H,28,31);3-4,7-9,21H,5-6,20H2,1-2H3. The molecular formula is C39H46F6N6O6. The van der Waals surface area contributed by atoms with Crippen LogP contribution in [-0.2, 0) is 33.1 Å². The van der Waals surface area contributed by atoms with Gasteiger partial charge in [0, 0.05) is 63.9 Å². The summed E-state index contributed by atoms with van der Waals surface area (Å²) in [5.41, 5.74) is 11.1. The van der Waals surface area contributed by atoms with Crippen molar-refractivity contribution in [2.45, 2.75) is 46.3 Å². The predicted octanol–water partition coefficient (Wildman–Crippen LogP) is 6.96. The zero-order valence-electron chi connectivity index (χ0n) is 32.1. The number of hydrogen-bond donors (Lipinski definition) is 4. The van der Waals surface area contributed by atoms with Crippen LogP contribution in [0.4, 0.5) is 49.1 Å². The highest BCUT2D eigenvalue weighted by atomic mass is 19.4. The fraction of sp³-hybridized carbons (Fsp3) is 0.410. The lowest BCUT2D eigenvalue weighted by Gasteiger charge is -2.32. The van der Waals surface area contributed by atoms with Crippen molar-refractivity contribution < 1.29 is 45.3 Å². The Morgan fingerprint density at radius 2 is 1.19 bits per heavy atom. The Labute approximate surface area is 324 Å². The number of rotatable bonds is 12. The minimum Gasteiger partial charge on any atom is -0.397 e. The molecule has 1 aliphatic rings. The van der Waals surface area contributed by atoms with Crippen LogP contribution >= 0.6 is 0 Å². The highest BCUT2D eigenvalue weighted by Gasteiger charge is 2.35. The maximum Gasteiger partial charge on any atom is 0.522 e. The van der Waals surface area contributed by atoms with Crippen molar-refractivity contribution in [1.29, 1.82) is 0 Å². The molecule has 18 heteroatoms. The molecule has 0 saturated carbocycles. The van der Waals surface area contributed by atoms with E-state index in [0.29, 0.717) is 59.9 Å². The van der Waals surface area contributed by atoms with E-state index in [2.05, 4.69) is 25.4 Å². The summed E-state index contributed by atoms with van der Waals surface area (Å²) in [6.45, 7) is 5.02. The number of ether oxygens (including phenoxy) is 3. The molecule has 0 aliphatic carbocycles. The number of hydrogen-bond acceptors (Lipinski definition) is 9. The lowest BCUT2D eigenvalue weighted by molar-refractivity contribution is -0.323. The van der Waals surface area contributed by atoms with Gasteiger partial charge in [0.05, 0.1) is 41.4 Å². The molecule has 1 saturated heterocycles. The van der Waals surface area contributed by atoms with Gasteiger partial charge in [-0.2, -0.15) is 0 Å². The number of aryl methyl sites for hydroxylation is 4. The molecule has 0 atom stereocenters. The van der Waals surface area contributed by atoms with Crippen molar-refractivity contribution >= 4 is 28.7 Å². The van der Waals surface area contributed by atoms with E-state index < -0.39 is 31.4 Å². The summed E-state index contributed by atoms with van der Waals surface area (Å²) in [5.74, 6) is -0.175. The van der Waals surface area contributed by atoms with Crippen LogP contribution in [0.25, 0.3) is 22.3 Å². The number of nitrogens with two attached hydrogens (primary N) is 1. The normalized spacial score (nSPS) is 14.0. The minimum atomic E-state index is -4.72. The van der Waals surface area contributed by atoms with Gasteiger partial charge >= 0.3 is 12.7 Å². The molecule has 1 aliphatic heterocycles. The van der Waals surface area contributed by atoms with Crippen molar-refractivity contribution in [3.8, 4) is 22.3 Å². The average Bonchev–Trinajstić information content (AvgIpc) is 3.13. The van der Waals surface area contributed by atoms with Gasteiger partial charge in [-0.25, -0.2) is 0 Å². The van der Waals surface area contributed by atoms with Gasteiger partial charge in [-0.3, -0.25) is 23.9 Å². The highest BCUT2D eigenvalue weighted by Crippen LogP contribution is 2.35. The Hall–Kier alpha value is -5.33. The van der Waals surface area contributed by atoms with E-state index in [1.807, 2.05) is 6.92 Å². The number of anilines is 4. The van der Waals surface area contributed by atoms with E-state index in [9.17, 15) is 40.7 Å². The fourth-order valence-corrected chi connectivity index (χ4v) is 5.97. The highest BCUT2D eigenvalue weighted by molar-refractivity contribution is 5.98. The molecular weight excluding hydrogens is 762 g/mol. The van der Waals surface area contributed by atoms with E-state index in [1.165, 1.54) is 9.13 Å². The number of halogens is 6. The maximum absolute atomic E-state index is 13.0. The number of carbonyl (C=O) groups is 1. The van der Waals surface area contributed by atoms with E-state index in [4.69, 9.17) is 10.5 Å². The Morgan fingerprint density at radius 3 is 1.67 bits per heavy atom. The first-order valence-electron chi connectivity index (χ1n) is 17.8. The van der Waals surface area contributed by atoms with E-state index in [0.717, 1.165) is 22.3 Å². The van der Waals surface area contributed by atoms with Crippen molar-refractivity contribution in [2.75, 3.05) is 61.2 Å². The second-order valence-electron chi connectivity index (χ2n) is 13.8. The summed E-state index contributed by atoms with van der Waals surface area (Å²) in [7, 11) is 3.30. The molecule has 1 amide bonds. The van der Waals surface area contributed by atoms with Crippen LogP contribution in [0.2, 0.25) is 0 Å². The first kappa shape index (κ1) is 44.4. The van der Waals surface area contributed by atoms with Crippen LogP contribution in [0, 0.1) is 19.3 Å². The number of aromatic nitrogens is 2. The Bertz CT molecular complexity index is 2090. The molecule has 57 heavy (non-hydrogen) atoms. The van der Waals surface area contributed by atoms with E-state index >= 15 is 0 Å². The van der Waals surface area contributed by atoms with Gasteiger partial charge in [0.15, 0.2) is 0 Å². The van der Waals surface area contributed by atoms with E-state index in [-0.39, 0.29) is 30.1 Å². The van der Waals surface area contributed by atoms with Gasteiger partial charge < -0.3 is 35.6 Å². The van der Waals surface area contributed by atoms with Crippen LogP contribution in [-0.4, -0.2) is 67.3 Å². The number of amides is 1. The average molecular weight is 809 g/mol. The molecule has 12 nitrogen and oxygen atoms in total. The van der Waals surface area contributed by atoms with Crippen molar-refractivity contribution in [1.82, 2.24) is 9.13 Å². The largest absolute Gasteiger partial charge is 0.522 e. The molecule has 0 unspecified atom stereocenters. The quantitative estimate of drug-likeness (QED) is 0.0677. The van der Waals surface area contributed by atoms with Gasteiger partial charge in [0.1, 0.15) is 0 Å². The molecule has 4 aromatic rings. The lowest BCUT2D eigenvalue weighted by atomic mass is 9.81. The monoisotopic (exact) mass is 808 g/mol. The van der Waals surface area contributed by atoms with Gasteiger partial charge in [0.2, 0.25) is 5.91 Å². The molecule has 3 heterocycles. The zero-order valence-corrected chi connectivity index (χ0v) is 32.1. The minimum absolute atomic E-state index is 0.0422. The third kappa shape index (κ3) is 12.8. The Kier molecular flexibility index (Phi) is 14.6. The molecule has 2 aromatic heterocycles. The van der Waals surface area contributed by atoms with Crippen LogP contribution in [0.3, 0.4) is 0 Å². The number of pyridine rings is 2. The first-order chi connectivity index (χ1) is 26.7. The number of carbonyl (C=O) groups excluding carboxylic acids is 1. The molecule has 0 radical (unpaired) electrons. The second-order valence-corrected chi connectivity index (χ2v) is 13.8. The number of nitrogens with one attached hydrogen (secondary N) is 3. The summed E-state index contributed by atoms with van der Waals surface area (Å²) in [5, 5.41) is 8.66. The van der Waals surface area contributed by atoms with Gasteiger partial charge in [-0.1, -0.05) is 19.1 Å². The van der Waals surface area contributed by atoms with Crippen LogP contribution in [0.15, 0.2) is 70.5 Å². The van der Waals surface area contributed by atoms with Gasteiger partial charge in [0.25, 0.3) is 11.1 Å². The van der Waals surface area contributed by atoms with Crippen molar-refractivity contribution in [3.63, 3.8) is 0 Å². The SMILES string of the molecule is Cc1cc(-c2ccc(N)c(NCCOC(F)(F)F)c2)cn(C)c1=O.Cc1cc(-c2ccc(NC(=O)C3(C)CCOCC3)c(NCCOC(F)(F)F)c2)cn(C)c1=O. The van der Waals surface area contributed by atoms with E-state index in [1.54, 1.807) is 88.9 Å². The third-order valence-electron chi connectivity index (χ3n) is 9.22. The van der Waals surface area contributed by atoms with Crippen LogP contribution in [0.5, 0.6) is 0 Å². The van der Waals surface area contributed by atoms with Crippen LogP contribution < -0.4 is 32.8 Å². The fourth-order valence-electron chi connectivity index (χ4n) is 5.97. The molecule has 1 fully saturated rings. The molecule has 0 spiro atoms. The summed E-state index contributed by atoms with van der Waals surface area (Å²) in [6, 6.07) is 13.9. The number of nitrogens with zero attached hydrogens (tertiary/aromatic N) is 2. The summed E-state index contributed by atoms with van der Waals surface area (Å²) >= 11 is 0. The van der Waals surface area contributed by atoms with Gasteiger partial charge in [-0.15, -0.1) is 26.3 Å². The summed E-state index contributed by atoms with van der Waals surface area (Å²) in [4.78, 5) is 36.8. The topological polar surface area (TPSA) is 151 Å². The lowest BCUT2D eigenvalue weighted by Crippen LogP contribution is -2.38. The second kappa shape index (κ2) is 18.7. The van der Waals surface area contributed by atoms with Crippen molar-refractivity contribution in [3.05, 3.63) is 92.8 Å². The Morgan fingerprint density at radius 1 is 0.737 bits per heavy atom. The number of benzene rings is 2.